The van der Waals surface area contributed by atoms with E-state index in [2.05, 4.69) is 36.3 Å². The van der Waals surface area contributed by atoms with E-state index in [4.69, 9.17) is 0 Å². The van der Waals surface area contributed by atoms with E-state index in [1.54, 1.807) is 17.1 Å². The second-order valence-electron chi connectivity index (χ2n) is 3.36. The first-order valence-electron chi connectivity index (χ1n) is 4.98. The van der Waals surface area contributed by atoms with Gasteiger partial charge in [0.05, 0.1) is 10.7 Å². The van der Waals surface area contributed by atoms with Crippen LogP contribution in [0, 0.1) is 6.92 Å². The standard InChI is InChI=1S/C10H12BrN5/c1-3-12-10-13-5-8(11)9(15-10)16-6-7(2)4-14-16/h4-6H,3H2,1-2H3,(H,12,13,15). The van der Waals surface area contributed by atoms with Gasteiger partial charge in [-0.15, -0.1) is 0 Å². The zero-order chi connectivity index (χ0) is 11.5. The highest BCUT2D eigenvalue weighted by molar-refractivity contribution is 9.10. The van der Waals surface area contributed by atoms with Crippen molar-refractivity contribution in [2.45, 2.75) is 13.8 Å². The summed E-state index contributed by atoms with van der Waals surface area (Å²) >= 11 is 3.41. The van der Waals surface area contributed by atoms with E-state index in [9.17, 15) is 0 Å². The van der Waals surface area contributed by atoms with E-state index >= 15 is 0 Å². The Balaban J connectivity index is 2.42. The predicted octanol–water partition coefficient (Wildman–Crippen LogP) is 2.17. The summed E-state index contributed by atoms with van der Waals surface area (Å²) in [6.45, 7) is 4.78. The Hall–Kier alpha value is -1.43. The predicted molar refractivity (Wildman–Crippen MR) is 65.8 cm³/mol. The third kappa shape index (κ3) is 2.21. The van der Waals surface area contributed by atoms with Crippen LogP contribution >= 0.6 is 15.9 Å². The van der Waals surface area contributed by atoms with Crippen LogP contribution in [0.3, 0.4) is 0 Å². The molecule has 2 aromatic rings. The third-order valence-corrected chi connectivity index (χ3v) is 2.55. The molecule has 0 aliphatic heterocycles. The molecule has 0 saturated heterocycles. The van der Waals surface area contributed by atoms with Crippen LogP contribution in [0.2, 0.25) is 0 Å². The van der Waals surface area contributed by atoms with E-state index in [1.807, 2.05) is 20.0 Å². The summed E-state index contributed by atoms with van der Waals surface area (Å²) in [7, 11) is 0. The van der Waals surface area contributed by atoms with Gasteiger partial charge in [-0.2, -0.15) is 10.1 Å². The molecule has 6 heteroatoms. The molecule has 0 atom stereocenters. The van der Waals surface area contributed by atoms with E-state index in [0.717, 1.165) is 22.4 Å². The van der Waals surface area contributed by atoms with Gasteiger partial charge in [-0.1, -0.05) is 0 Å². The topological polar surface area (TPSA) is 55.6 Å². The first-order chi connectivity index (χ1) is 7.70. The maximum Gasteiger partial charge on any atom is 0.224 e. The molecule has 1 N–H and O–H groups in total. The Labute approximate surface area is 102 Å². The molecule has 0 unspecified atom stereocenters. The molecule has 0 radical (unpaired) electrons. The molecule has 0 aliphatic carbocycles. The minimum absolute atomic E-state index is 0.605. The van der Waals surface area contributed by atoms with E-state index < -0.39 is 0 Å². The Morgan fingerprint density at radius 2 is 2.25 bits per heavy atom. The highest BCUT2D eigenvalue weighted by Crippen LogP contribution is 2.18. The summed E-state index contributed by atoms with van der Waals surface area (Å²) in [4.78, 5) is 8.53. The van der Waals surface area contributed by atoms with Crippen LogP contribution in [0.1, 0.15) is 12.5 Å². The number of aromatic nitrogens is 4. The molecule has 0 saturated carbocycles. The van der Waals surface area contributed by atoms with Crippen LogP contribution in [0.5, 0.6) is 0 Å². The van der Waals surface area contributed by atoms with Crippen LogP contribution in [0.25, 0.3) is 5.82 Å². The van der Waals surface area contributed by atoms with Crippen molar-refractivity contribution in [1.82, 2.24) is 19.7 Å². The van der Waals surface area contributed by atoms with Crippen molar-refractivity contribution in [3.63, 3.8) is 0 Å². The van der Waals surface area contributed by atoms with Crippen molar-refractivity contribution in [1.29, 1.82) is 0 Å². The maximum atomic E-state index is 4.38. The second-order valence-corrected chi connectivity index (χ2v) is 4.21. The number of rotatable bonds is 3. The molecule has 0 bridgehead atoms. The zero-order valence-corrected chi connectivity index (χ0v) is 10.7. The fraction of sp³-hybridized carbons (Fsp3) is 0.300. The number of aryl methyl sites for hydroxylation is 1. The first kappa shape index (κ1) is 11.1. The lowest BCUT2D eigenvalue weighted by Crippen LogP contribution is -2.06. The molecule has 0 fully saturated rings. The molecule has 0 aliphatic rings. The minimum atomic E-state index is 0.605. The van der Waals surface area contributed by atoms with Gasteiger partial charge in [0.1, 0.15) is 0 Å². The summed E-state index contributed by atoms with van der Waals surface area (Å²) in [5.41, 5.74) is 1.09. The first-order valence-corrected chi connectivity index (χ1v) is 5.78. The molecule has 0 spiro atoms. The van der Waals surface area contributed by atoms with Crippen LogP contribution in [0.4, 0.5) is 5.95 Å². The molecule has 2 heterocycles. The fourth-order valence-corrected chi connectivity index (χ4v) is 1.66. The SMILES string of the molecule is CCNc1ncc(Br)c(-n2cc(C)cn2)n1. The average Bonchev–Trinajstić information content (AvgIpc) is 2.68. The van der Waals surface area contributed by atoms with Gasteiger partial charge < -0.3 is 5.32 Å². The van der Waals surface area contributed by atoms with Gasteiger partial charge in [-0.25, -0.2) is 9.67 Å². The molecule has 5 nitrogen and oxygen atoms in total. The Kier molecular flexibility index (Phi) is 3.19. The van der Waals surface area contributed by atoms with E-state index in [-0.39, 0.29) is 0 Å². The van der Waals surface area contributed by atoms with Gasteiger partial charge in [-0.3, -0.25) is 0 Å². The van der Waals surface area contributed by atoms with Crippen LogP contribution in [-0.2, 0) is 0 Å². The summed E-state index contributed by atoms with van der Waals surface area (Å²) in [5, 5.41) is 7.28. The normalized spacial score (nSPS) is 10.4. The molecular formula is C10H12BrN5. The van der Waals surface area contributed by atoms with Crippen LogP contribution in [0.15, 0.2) is 23.1 Å². The monoisotopic (exact) mass is 281 g/mol. The molecular weight excluding hydrogens is 270 g/mol. The van der Waals surface area contributed by atoms with Gasteiger partial charge in [0.15, 0.2) is 5.82 Å². The third-order valence-electron chi connectivity index (χ3n) is 1.99. The average molecular weight is 282 g/mol. The van der Waals surface area contributed by atoms with Crippen molar-refractivity contribution >= 4 is 21.9 Å². The Bertz CT molecular complexity index is 494. The smallest absolute Gasteiger partial charge is 0.224 e. The quantitative estimate of drug-likeness (QED) is 0.937. The lowest BCUT2D eigenvalue weighted by molar-refractivity contribution is 0.833. The van der Waals surface area contributed by atoms with E-state index in [1.165, 1.54) is 0 Å². The number of hydrogen-bond acceptors (Lipinski definition) is 4. The van der Waals surface area contributed by atoms with Crippen LogP contribution < -0.4 is 5.32 Å². The van der Waals surface area contributed by atoms with Gasteiger partial charge in [0.2, 0.25) is 5.95 Å². The van der Waals surface area contributed by atoms with Gasteiger partial charge in [0, 0.05) is 18.9 Å². The van der Waals surface area contributed by atoms with Crippen molar-refractivity contribution in [2.75, 3.05) is 11.9 Å². The number of anilines is 1. The number of nitrogens with one attached hydrogen (secondary N) is 1. The summed E-state index contributed by atoms with van der Waals surface area (Å²) < 4.78 is 2.54. The van der Waals surface area contributed by atoms with Gasteiger partial charge in [0.25, 0.3) is 0 Å². The lowest BCUT2D eigenvalue weighted by Gasteiger charge is -2.06. The van der Waals surface area contributed by atoms with Crippen molar-refractivity contribution < 1.29 is 0 Å². The highest BCUT2D eigenvalue weighted by atomic mass is 79.9. The molecule has 0 amide bonds. The highest BCUT2D eigenvalue weighted by Gasteiger charge is 2.07. The van der Waals surface area contributed by atoms with Gasteiger partial charge >= 0.3 is 0 Å². The summed E-state index contributed by atoms with van der Waals surface area (Å²) in [6.07, 6.45) is 5.43. The van der Waals surface area contributed by atoms with Crippen molar-refractivity contribution in [3.8, 4) is 5.82 Å². The van der Waals surface area contributed by atoms with Gasteiger partial charge in [-0.05, 0) is 35.3 Å². The molecule has 0 aromatic carbocycles. The molecule has 84 valence electrons. The summed E-state index contributed by atoms with van der Waals surface area (Å²) in [5.74, 6) is 1.34. The maximum absolute atomic E-state index is 4.38. The number of hydrogen-bond donors (Lipinski definition) is 1. The molecule has 2 rings (SSSR count). The largest absolute Gasteiger partial charge is 0.354 e. The number of nitrogens with zero attached hydrogens (tertiary/aromatic N) is 4. The Morgan fingerprint density at radius 1 is 1.44 bits per heavy atom. The molecule has 2 aromatic heterocycles. The van der Waals surface area contributed by atoms with Crippen molar-refractivity contribution in [2.24, 2.45) is 0 Å². The second kappa shape index (κ2) is 4.61. The zero-order valence-electron chi connectivity index (χ0n) is 9.11. The van der Waals surface area contributed by atoms with Crippen LogP contribution in [-0.4, -0.2) is 26.3 Å². The summed E-state index contributed by atoms with van der Waals surface area (Å²) in [6, 6.07) is 0. The Morgan fingerprint density at radius 3 is 2.88 bits per heavy atom. The van der Waals surface area contributed by atoms with E-state index in [0.29, 0.717) is 5.95 Å². The number of halogens is 1. The van der Waals surface area contributed by atoms with Crippen molar-refractivity contribution in [3.05, 3.63) is 28.6 Å². The minimum Gasteiger partial charge on any atom is -0.354 e. The fourth-order valence-electron chi connectivity index (χ4n) is 1.29. The lowest BCUT2D eigenvalue weighted by atomic mass is 10.4. The molecule has 16 heavy (non-hydrogen) atoms.